The molecule has 0 fully saturated rings. The van der Waals surface area contributed by atoms with Gasteiger partial charge in [-0.25, -0.2) is 0 Å². The fourth-order valence-corrected chi connectivity index (χ4v) is 2.43. The van der Waals surface area contributed by atoms with E-state index in [0.29, 0.717) is 16.5 Å². The lowest BCUT2D eigenvalue weighted by molar-refractivity contribution is -0.390. The van der Waals surface area contributed by atoms with Gasteiger partial charge >= 0.3 is 5.82 Å². The second kappa shape index (κ2) is 7.83. The van der Waals surface area contributed by atoms with Crippen molar-refractivity contribution in [3.05, 3.63) is 63.8 Å². The molecule has 10 heteroatoms. The number of amides is 1. The van der Waals surface area contributed by atoms with Crippen molar-refractivity contribution >= 4 is 29.1 Å². The molecule has 0 aliphatic rings. The molecule has 0 spiro atoms. The highest BCUT2D eigenvalue weighted by molar-refractivity contribution is 6.30. The molecule has 0 bridgehead atoms. The zero-order valence-corrected chi connectivity index (χ0v) is 14.9. The summed E-state index contributed by atoms with van der Waals surface area (Å²) in [5.41, 5.74) is 1.51. The van der Waals surface area contributed by atoms with E-state index >= 15 is 0 Å². The summed E-state index contributed by atoms with van der Waals surface area (Å²) in [5, 5.41) is 18.5. The van der Waals surface area contributed by atoms with Gasteiger partial charge in [0, 0.05) is 23.7 Å². The highest BCUT2D eigenvalue weighted by Crippen LogP contribution is 2.24. The number of aromatic nitrogens is 3. The summed E-state index contributed by atoms with van der Waals surface area (Å²) < 4.78 is 6.72. The molecule has 138 valence electrons. The maximum absolute atomic E-state index is 12.1. The van der Waals surface area contributed by atoms with E-state index in [-0.39, 0.29) is 5.75 Å². The average molecular weight is 388 g/mol. The standard InChI is InChI=1S/C17H14ClN5O4/c1-22-15(9-13(21-22)11-4-6-12(18)7-5-11)20-16(24)10-27-14-3-2-8-19-17(14)23(25)26/h2-9H,10H2,1H3,(H,20,24). The smallest absolute Gasteiger partial charge is 0.406 e. The first-order valence-corrected chi connectivity index (χ1v) is 8.14. The maximum Gasteiger partial charge on any atom is 0.406 e. The summed E-state index contributed by atoms with van der Waals surface area (Å²) in [4.78, 5) is 26.0. The molecule has 0 aliphatic carbocycles. The van der Waals surface area contributed by atoms with Crippen LogP contribution in [0.3, 0.4) is 0 Å². The fourth-order valence-electron chi connectivity index (χ4n) is 2.30. The molecule has 2 heterocycles. The van der Waals surface area contributed by atoms with Crippen LogP contribution in [0.2, 0.25) is 5.02 Å². The van der Waals surface area contributed by atoms with Crippen LogP contribution in [0.1, 0.15) is 0 Å². The number of aryl methyl sites for hydroxylation is 1. The number of benzene rings is 1. The molecule has 3 rings (SSSR count). The number of rotatable bonds is 6. The number of anilines is 1. The molecule has 0 unspecified atom stereocenters. The van der Waals surface area contributed by atoms with Gasteiger partial charge in [-0.15, -0.1) is 0 Å². The lowest BCUT2D eigenvalue weighted by Gasteiger charge is -2.07. The quantitative estimate of drug-likeness (QED) is 0.513. The third-order valence-electron chi connectivity index (χ3n) is 3.57. The van der Waals surface area contributed by atoms with Crippen molar-refractivity contribution in [2.45, 2.75) is 0 Å². The van der Waals surface area contributed by atoms with Crippen LogP contribution < -0.4 is 10.1 Å². The van der Waals surface area contributed by atoms with Crippen LogP contribution in [0.4, 0.5) is 11.6 Å². The second-order valence-corrected chi connectivity index (χ2v) is 5.90. The van der Waals surface area contributed by atoms with E-state index in [2.05, 4.69) is 15.4 Å². The number of halogens is 1. The largest absolute Gasteiger partial charge is 0.476 e. The Bertz CT molecular complexity index is 987. The summed E-state index contributed by atoms with van der Waals surface area (Å²) >= 11 is 5.88. The lowest BCUT2D eigenvalue weighted by atomic mass is 10.1. The molecule has 0 saturated carbocycles. The van der Waals surface area contributed by atoms with Crippen LogP contribution in [-0.4, -0.2) is 32.2 Å². The Morgan fingerprint density at radius 2 is 2.07 bits per heavy atom. The summed E-state index contributed by atoms with van der Waals surface area (Å²) in [6.07, 6.45) is 1.28. The minimum atomic E-state index is -0.674. The van der Waals surface area contributed by atoms with E-state index in [1.165, 1.54) is 23.0 Å². The van der Waals surface area contributed by atoms with Gasteiger partial charge in [0.25, 0.3) is 5.91 Å². The molecular formula is C17H14ClN5O4. The normalized spacial score (nSPS) is 10.4. The molecule has 0 aliphatic heterocycles. The third-order valence-corrected chi connectivity index (χ3v) is 3.82. The van der Waals surface area contributed by atoms with Crippen molar-refractivity contribution in [1.29, 1.82) is 0 Å². The Hall–Kier alpha value is -3.46. The zero-order chi connectivity index (χ0) is 19.4. The summed E-state index contributed by atoms with van der Waals surface area (Å²) in [6, 6.07) is 11.7. The fraction of sp³-hybridized carbons (Fsp3) is 0.118. The van der Waals surface area contributed by atoms with Crippen molar-refractivity contribution in [1.82, 2.24) is 14.8 Å². The van der Waals surface area contributed by atoms with Crippen molar-refractivity contribution in [3.63, 3.8) is 0 Å². The van der Waals surface area contributed by atoms with Gasteiger partial charge in [-0.05, 0) is 34.2 Å². The Balaban J connectivity index is 1.66. The Morgan fingerprint density at radius 3 is 2.78 bits per heavy atom. The minimum Gasteiger partial charge on any atom is -0.476 e. The van der Waals surface area contributed by atoms with Crippen LogP contribution in [0.15, 0.2) is 48.7 Å². The minimum absolute atomic E-state index is 0.0792. The van der Waals surface area contributed by atoms with Crippen molar-refractivity contribution < 1.29 is 14.5 Å². The Morgan fingerprint density at radius 1 is 1.33 bits per heavy atom. The summed E-state index contributed by atoms with van der Waals surface area (Å²) in [6.45, 7) is -0.409. The molecule has 1 amide bonds. The molecule has 1 aromatic carbocycles. The number of carbonyl (C=O) groups excluding carboxylic acids is 1. The lowest BCUT2D eigenvalue weighted by Crippen LogP contribution is -2.22. The Labute approximate surface area is 158 Å². The van der Waals surface area contributed by atoms with E-state index in [9.17, 15) is 14.9 Å². The highest BCUT2D eigenvalue weighted by Gasteiger charge is 2.17. The predicted molar refractivity (Wildman–Crippen MR) is 98.7 cm³/mol. The van der Waals surface area contributed by atoms with Gasteiger partial charge in [0.1, 0.15) is 12.0 Å². The van der Waals surface area contributed by atoms with E-state index in [1.807, 2.05) is 12.1 Å². The first-order chi connectivity index (χ1) is 12.9. The number of carbonyl (C=O) groups is 1. The van der Waals surface area contributed by atoms with Crippen LogP contribution in [0.5, 0.6) is 5.75 Å². The number of nitrogens with zero attached hydrogens (tertiary/aromatic N) is 4. The first-order valence-electron chi connectivity index (χ1n) is 7.76. The second-order valence-electron chi connectivity index (χ2n) is 5.46. The highest BCUT2D eigenvalue weighted by atomic mass is 35.5. The van der Waals surface area contributed by atoms with Gasteiger partial charge in [0.2, 0.25) is 5.75 Å². The van der Waals surface area contributed by atoms with E-state index < -0.39 is 23.3 Å². The summed E-state index contributed by atoms with van der Waals surface area (Å²) in [7, 11) is 1.68. The molecule has 2 aromatic heterocycles. The topological polar surface area (TPSA) is 112 Å². The van der Waals surface area contributed by atoms with Gasteiger partial charge in [-0.2, -0.15) is 5.10 Å². The average Bonchev–Trinajstić information content (AvgIpc) is 3.01. The number of hydrogen-bond acceptors (Lipinski definition) is 6. The molecule has 27 heavy (non-hydrogen) atoms. The van der Waals surface area contributed by atoms with E-state index in [4.69, 9.17) is 16.3 Å². The van der Waals surface area contributed by atoms with Crippen LogP contribution in [0, 0.1) is 10.1 Å². The van der Waals surface area contributed by atoms with Crippen molar-refractivity contribution in [2.75, 3.05) is 11.9 Å². The number of nitro groups is 1. The number of pyridine rings is 1. The zero-order valence-electron chi connectivity index (χ0n) is 14.1. The molecule has 3 aromatic rings. The maximum atomic E-state index is 12.1. The molecular weight excluding hydrogens is 374 g/mol. The summed E-state index contributed by atoms with van der Waals surface area (Å²) in [5.74, 6) is -0.562. The van der Waals surface area contributed by atoms with Crippen LogP contribution >= 0.6 is 11.6 Å². The van der Waals surface area contributed by atoms with Crippen molar-refractivity contribution in [2.24, 2.45) is 7.05 Å². The van der Waals surface area contributed by atoms with Gasteiger partial charge in [-0.3, -0.25) is 9.48 Å². The number of ether oxygens (including phenoxy) is 1. The molecule has 0 atom stereocenters. The predicted octanol–water partition coefficient (Wildman–Crippen LogP) is 3.06. The molecule has 0 radical (unpaired) electrons. The number of nitrogens with one attached hydrogen (secondary N) is 1. The molecule has 0 saturated heterocycles. The van der Waals surface area contributed by atoms with Gasteiger partial charge in [-0.1, -0.05) is 23.7 Å². The third kappa shape index (κ3) is 4.39. The van der Waals surface area contributed by atoms with Crippen molar-refractivity contribution in [3.8, 4) is 17.0 Å². The van der Waals surface area contributed by atoms with E-state index in [1.54, 1.807) is 25.2 Å². The molecule has 1 N–H and O–H groups in total. The van der Waals surface area contributed by atoms with Gasteiger partial charge in [0.15, 0.2) is 6.61 Å². The van der Waals surface area contributed by atoms with E-state index in [0.717, 1.165) is 5.56 Å². The SMILES string of the molecule is Cn1nc(-c2ccc(Cl)cc2)cc1NC(=O)COc1cccnc1[N+](=O)[O-]. The van der Waals surface area contributed by atoms with Gasteiger partial charge in [0.05, 0.1) is 5.69 Å². The first kappa shape index (κ1) is 18.3. The van der Waals surface area contributed by atoms with Crippen LogP contribution in [0.25, 0.3) is 11.3 Å². The molecule has 9 nitrogen and oxygen atoms in total. The van der Waals surface area contributed by atoms with Crippen LogP contribution in [-0.2, 0) is 11.8 Å². The van der Waals surface area contributed by atoms with Gasteiger partial charge < -0.3 is 20.2 Å². The Kier molecular flexibility index (Phi) is 5.32. The monoisotopic (exact) mass is 387 g/mol. The number of hydrogen-bond donors (Lipinski definition) is 1.